The third-order valence-corrected chi connectivity index (χ3v) is 7.60. The highest BCUT2D eigenvalue weighted by Crippen LogP contribution is 2.41. The first-order chi connectivity index (χ1) is 20.8. The highest BCUT2D eigenvalue weighted by Gasteiger charge is 2.58. The molecule has 0 N–H and O–H groups in total. The fourth-order valence-corrected chi connectivity index (χ4v) is 5.54. The van der Waals surface area contributed by atoms with Gasteiger partial charge in [0.1, 0.15) is 24.9 Å². The number of carbonyl (C=O) groups is 2. The van der Waals surface area contributed by atoms with Crippen LogP contribution < -0.4 is 0 Å². The number of hydrogen-bond acceptors (Lipinski definition) is 8. The van der Waals surface area contributed by atoms with Crippen molar-refractivity contribution in [1.82, 2.24) is 4.90 Å². The lowest BCUT2D eigenvalue weighted by atomic mass is 9.97. The van der Waals surface area contributed by atoms with E-state index in [-0.39, 0.29) is 26.0 Å². The van der Waals surface area contributed by atoms with E-state index in [1.54, 1.807) is 4.90 Å². The summed E-state index contributed by atoms with van der Waals surface area (Å²) in [6.07, 6.45) is -2.76. The van der Waals surface area contributed by atoms with Gasteiger partial charge in [-0.25, -0.2) is 4.79 Å². The Labute approximate surface area is 252 Å². The highest BCUT2D eigenvalue weighted by molar-refractivity contribution is 5.70. The molecule has 228 valence electrons. The number of methoxy groups -OCH3 is 1. The summed E-state index contributed by atoms with van der Waals surface area (Å²) in [6.45, 7) is 4.29. The summed E-state index contributed by atoms with van der Waals surface area (Å²) in [6, 6.07) is 28.3. The monoisotopic (exact) mass is 589 g/mol. The van der Waals surface area contributed by atoms with Crippen molar-refractivity contribution in [2.24, 2.45) is 0 Å². The first-order valence-electron chi connectivity index (χ1n) is 14.6. The number of nitrogens with zero attached hydrogens (tertiary/aromatic N) is 1. The van der Waals surface area contributed by atoms with Gasteiger partial charge in [0, 0.05) is 13.0 Å². The van der Waals surface area contributed by atoms with E-state index in [1.807, 2.05) is 105 Å². The summed E-state index contributed by atoms with van der Waals surface area (Å²) in [5.74, 6) is -1.26. The van der Waals surface area contributed by atoms with Gasteiger partial charge in [0.25, 0.3) is 0 Å². The number of hydrogen-bond donors (Lipinski definition) is 0. The van der Waals surface area contributed by atoms with Gasteiger partial charge in [-0.1, -0.05) is 91.0 Å². The second-order valence-corrected chi connectivity index (χ2v) is 11.2. The zero-order chi connectivity index (χ0) is 30.2. The zero-order valence-corrected chi connectivity index (χ0v) is 24.8. The molecule has 3 aromatic carbocycles. The van der Waals surface area contributed by atoms with Gasteiger partial charge in [0.05, 0.1) is 19.8 Å². The molecular weight excluding hydrogens is 550 g/mol. The fraction of sp³-hybridized carbons (Fsp3) is 0.412. The van der Waals surface area contributed by atoms with Gasteiger partial charge in [0.15, 0.2) is 12.1 Å². The van der Waals surface area contributed by atoms with Crippen molar-refractivity contribution >= 4 is 12.1 Å². The molecule has 43 heavy (non-hydrogen) atoms. The van der Waals surface area contributed by atoms with E-state index in [0.717, 1.165) is 16.7 Å². The summed E-state index contributed by atoms with van der Waals surface area (Å²) in [7, 11) is 1.35. The molecule has 0 aliphatic carbocycles. The highest BCUT2D eigenvalue weighted by atomic mass is 16.8. The molecule has 9 heteroatoms. The van der Waals surface area contributed by atoms with E-state index in [9.17, 15) is 9.59 Å². The summed E-state index contributed by atoms with van der Waals surface area (Å²) in [4.78, 5) is 27.9. The molecule has 0 spiro atoms. The van der Waals surface area contributed by atoms with Crippen LogP contribution in [0.15, 0.2) is 91.0 Å². The summed E-state index contributed by atoms with van der Waals surface area (Å²) < 4.78 is 36.2. The van der Waals surface area contributed by atoms with Crippen molar-refractivity contribution in [2.45, 2.75) is 82.9 Å². The molecule has 2 aliphatic heterocycles. The molecular formula is C34H39NO8. The van der Waals surface area contributed by atoms with Crippen LogP contribution in [0.5, 0.6) is 0 Å². The van der Waals surface area contributed by atoms with Crippen LogP contribution >= 0.6 is 0 Å². The van der Waals surface area contributed by atoms with Crippen LogP contribution in [0, 0.1) is 0 Å². The molecule has 2 saturated heterocycles. The minimum Gasteiger partial charge on any atom is -0.469 e. The number of benzene rings is 3. The van der Waals surface area contributed by atoms with Crippen LogP contribution in [0.2, 0.25) is 0 Å². The molecule has 5 rings (SSSR count). The van der Waals surface area contributed by atoms with Crippen LogP contribution in [0.3, 0.4) is 0 Å². The molecule has 2 heterocycles. The third kappa shape index (κ3) is 8.00. The predicted octanol–water partition coefficient (Wildman–Crippen LogP) is 5.61. The molecule has 2 aliphatic rings. The molecule has 0 unspecified atom stereocenters. The van der Waals surface area contributed by atoms with Gasteiger partial charge in [0.2, 0.25) is 0 Å². The normalized spacial score (nSPS) is 22.9. The minimum atomic E-state index is -0.867. The van der Waals surface area contributed by atoms with E-state index in [0.29, 0.717) is 6.61 Å². The summed E-state index contributed by atoms with van der Waals surface area (Å²) in [5.41, 5.74) is 2.74. The standard InChI is InChI=1S/C34H39NO8/c1-34(2)42-31-30(39-22-25-15-9-5-10-16-25)29(41-32(31)43-34)27(19-20-28(36)38-3)35(21-24-13-7-4-8-14-24)33(37)40-23-26-17-11-6-12-18-26/h4-18,27,29-32H,19-23H2,1-3H3/t27-,29-,30+,31-,32-/m1/s1. The molecule has 0 saturated carbocycles. The van der Waals surface area contributed by atoms with Gasteiger partial charge >= 0.3 is 12.1 Å². The third-order valence-electron chi connectivity index (χ3n) is 7.60. The number of esters is 1. The Bertz CT molecular complexity index is 1320. The van der Waals surface area contributed by atoms with Crippen molar-refractivity contribution in [3.05, 3.63) is 108 Å². The lowest BCUT2D eigenvalue weighted by Crippen LogP contribution is -2.52. The van der Waals surface area contributed by atoms with Crippen LogP contribution in [-0.4, -0.2) is 60.5 Å². The number of fused-ring (bicyclic) bond motifs is 1. The average molecular weight is 590 g/mol. The van der Waals surface area contributed by atoms with Gasteiger partial charge in [-0.2, -0.15) is 0 Å². The zero-order valence-electron chi connectivity index (χ0n) is 24.8. The molecule has 0 bridgehead atoms. The molecule has 9 nitrogen and oxygen atoms in total. The molecule has 0 radical (unpaired) electrons. The second-order valence-electron chi connectivity index (χ2n) is 11.2. The van der Waals surface area contributed by atoms with Crippen molar-refractivity contribution in [2.75, 3.05) is 7.11 Å². The first-order valence-corrected chi connectivity index (χ1v) is 14.6. The number of carbonyl (C=O) groups excluding carboxylic acids is 2. The SMILES string of the molecule is COC(=O)CC[C@H]([C@H]1O[C@@H]2OC(C)(C)O[C@@H]2[C@H]1OCc1ccccc1)N(Cc1ccccc1)C(=O)OCc1ccccc1. The number of amides is 1. The number of rotatable bonds is 12. The quantitative estimate of drug-likeness (QED) is 0.252. The largest absolute Gasteiger partial charge is 0.469 e. The van der Waals surface area contributed by atoms with E-state index < -0.39 is 48.5 Å². The van der Waals surface area contributed by atoms with E-state index in [1.165, 1.54) is 7.11 Å². The molecule has 0 aromatic heterocycles. The predicted molar refractivity (Wildman–Crippen MR) is 157 cm³/mol. The van der Waals surface area contributed by atoms with Crippen LogP contribution in [0.4, 0.5) is 4.79 Å². The molecule has 1 amide bonds. The maximum absolute atomic E-state index is 13.9. The Kier molecular flexibility index (Phi) is 10.1. The molecule has 2 fully saturated rings. The van der Waals surface area contributed by atoms with Gasteiger partial charge in [-0.05, 0) is 37.0 Å². The summed E-state index contributed by atoms with van der Waals surface area (Å²) >= 11 is 0. The van der Waals surface area contributed by atoms with Crippen molar-refractivity contribution < 1.29 is 38.0 Å². The van der Waals surface area contributed by atoms with Crippen molar-refractivity contribution in [1.29, 1.82) is 0 Å². The fourth-order valence-electron chi connectivity index (χ4n) is 5.54. The average Bonchev–Trinajstić information content (AvgIpc) is 3.50. The maximum atomic E-state index is 13.9. The smallest absolute Gasteiger partial charge is 0.410 e. The Morgan fingerprint density at radius 3 is 2.02 bits per heavy atom. The van der Waals surface area contributed by atoms with Crippen LogP contribution in [0.1, 0.15) is 43.4 Å². The first kappa shape index (κ1) is 30.7. The van der Waals surface area contributed by atoms with E-state index in [2.05, 4.69) is 0 Å². The Morgan fingerprint density at radius 2 is 1.42 bits per heavy atom. The maximum Gasteiger partial charge on any atom is 0.410 e. The van der Waals surface area contributed by atoms with E-state index >= 15 is 0 Å². The molecule has 5 atom stereocenters. The lowest BCUT2D eigenvalue weighted by Gasteiger charge is -2.37. The van der Waals surface area contributed by atoms with Gasteiger partial charge < -0.3 is 28.4 Å². The van der Waals surface area contributed by atoms with Gasteiger partial charge in [-0.3, -0.25) is 9.69 Å². The minimum absolute atomic E-state index is 0.0617. The molecule has 3 aromatic rings. The Balaban J connectivity index is 1.46. The Hall–Kier alpha value is -3.76. The van der Waals surface area contributed by atoms with Crippen molar-refractivity contribution in [3.8, 4) is 0 Å². The van der Waals surface area contributed by atoms with E-state index in [4.69, 9.17) is 28.4 Å². The number of ether oxygens (including phenoxy) is 6. The second kappa shape index (κ2) is 14.1. The van der Waals surface area contributed by atoms with Crippen molar-refractivity contribution in [3.63, 3.8) is 0 Å². The van der Waals surface area contributed by atoms with Crippen LogP contribution in [0.25, 0.3) is 0 Å². The summed E-state index contributed by atoms with van der Waals surface area (Å²) in [5, 5.41) is 0. The topological polar surface area (TPSA) is 92.8 Å². The Morgan fingerprint density at radius 1 is 0.837 bits per heavy atom. The van der Waals surface area contributed by atoms with Gasteiger partial charge in [-0.15, -0.1) is 0 Å². The van der Waals surface area contributed by atoms with Crippen LogP contribution in [-0.2, 0) is 53.0 Å². The lowest BCUT2D eigenvalue weighted by molar-refractivity contribution is -0.226.